The van der Waals surface area contributed by atoms with E-state index in [4.69, 9.17) is 0 Å². The summed E-state index contributed by atoms with van der Waals surface area (Å²) in [5.74, 6) is 0.0574. The predicted octanol–water partition coefficient (Wildman–Crippen LogP) is 5.32. The number of carbonyl (C=O) groups is 2. The third-order valence-electron chi connectivity index (χ3n) is 5.94. The second-order valence-corrected chi connectivity index (χ2v) is 9.95. The van der Waals surface area contributed by atoms with E-state index in [9.17, 15) is 9.59 Å². The van der Waals surface area contributed by atoms with Crippen LogP contribution in [0.1, 0.15) is 57.0 Å². The molecule has 1 aromatic carbocycles. The van der Waals surface area contributed by atoms with Gasteiger partial charge in [-0.05, 0) is 54.9 Å². The molecule has 0 spiro atoms. The van der Waals surface area contributed by atoms with Gasteiger partial charge in [0.05, 0.1) is 16.8 Å². The molecule has 0 atom stereocenters. The number of fused-ring (bicyclic) bond motifs is 1. The maximum absolute atomic E-state index is 13.3. The number of benzene rings is 1. The van der Waals surface area contributed by atoms with Crippen LogP contribution in [0.15, 0.2) is 41.9 Å². The number of hydrogen-bond donors (Lipinski definition) is 3. The van der Waals surface area contributed by atoms with Gasteiger partial charge in [0.1, 0.15) is 0 Å². The first-order valence-electron chi connectivity index (χ1n) is 10.7. The molecule has 0 saturated carbocycles. The molecule has 2 aromatic heterocycles. The van der Waals surface area contributed by atoms with E-state index in [0.717, 1.165) is 36.1 Å². The average molecular weight is 449 g/mol. The molecule has 7 heteroatoms. The third kappa shape index (κ3) is 4.53. The van der Waals surface area contributed by atoms with Crippen LogP contribution in [0.25, 0.3) is 0 Å². The van der Waals surface area contributed by atoms with Crippen LogP contribution in [-0.4, -0.2) is 23.8 Å². The van der Waals surface area contributed by atoms with Crippen LogP contribution in [0.4, 0.5) is 17.2 Å². The van der Waals surface area contributed by atoms with Crippen molar-refractivity contribution in [1.29, 1.82) is 0 Å². The van der Waals surface area contributed by atoms with E-state index in [1.807, 2.05) is 36.6 Å². The van der Waals surface area contributed by atoms with E-state index in [1.54, 1.807) is 24.5 Å². The first-order valence-corrected chi connectivity index (χ1v) is 11.6. The first-order chi connectivity index (χ1) is 15.3. The summed E-state index contributed by atoms with van der Waals surface area (Å²) in [6.45, 7) is 6.54. The van der Waals surface area contributed by atoms with Crippen LogP contribution >= 0.6 is 11.3 Å². The lowest BCUT2D eigenvalue weighted by Gasteiger charge is -2.29. The summed E-state index contributed by atoms with van der Waals surface area (Å²) < 4.78 is 0. The molecule has 1 aliphatic rings. The fraction of sp³-hybridized carbons (Fsp3) is 0.320. The molecular weight excluding hydrogens is 420 g/mol. The summed E-state index contributed by atoms with van der Waals surface area (Å²) >= 11 is 1.66. The van der Waals surface area contributed by atoms with Crippen LogP contribution in [0, 0.1) is 12.3 Å². The largest absolute Gasteiger partial charge is 0.355 e. The Balaban J connectivity index is 1.66. The number of anilines is 3. The fourth-order valence-corrected chi connectivity index (χ4v) is 5.32. The Hall–Kier alpha value is -3.19. The highest BCUT2D eigenvalue weighted by Crippen LogP contribution is 2.39. The van der Waals surface area contributed by atoms with E-state index in [-0.39, 0.29) is 17.2 Å². The standard InChI is InChI=1S/C25H28N4O2S/c1-15-7-5-6-8-19(15)28-22-20(11-16(13-27-22)23(30)26-4)29-24(31)18-14-32-21-12-25(2,3)10-9-17(18)21/h5-8,11,13-14H,9-10,12H2,1-4H3,(H,26,30)(H,27,28)(H,29,31). The van der Waals surface area contributed by atoms with Crippen molar-refractivity contribution >= 4 is 40.3 Å². The van der Waals surface area contributed by atoms with Crippen molar-refractivity contribution in [3.05, 3.63) is 69.0 Å². The third-order valence-corrected chi connectivity index (χ3v) is 6.97. The summed E-state index contributed by atoms with van der Waals surface area (Å²) in [4.78, 5) is 31.2. The van der Waals surface area contributed by atoms with Crippen molar-refractivity contribution in [3.63, 3.8) is 0 Å². The summed E-state index contributed by atoms with van der Waals surface area (Å²) in [6.07, 6.45) is 4.46. The number of nitrogens with zero attached hydrogens (tertiary/aromatic N) is 1. The van der Waals surface area contributed by atoms with E-state index >= 15 is 0 Å². The molecule has 0 aliphatic heterocycles. The Morgan fingerprint density at radius 1 is 1.12 bits per heavy atom. The molecule has 0 saturated heterocycles. The predicted molar refractivity (Wildman–Crippen MR) is 130 cm³/mol. The molecule has 0 unspecified atom stereocenters. The first kappa shape index (κ1) is 22.0. The van der Waals surface area contributed by atoms with Crippen molar-refractivity contribution < 1.29 is 9.59 Å². The van der Waals surface area contributed by atoms with Gasteiger partial charge in [-0.3, -0.25) is 9.59 Å². The smallest absolute Gasteiger partial charge is 0.256 e. The lowest BCUT2D eigenvalue weighted by atomic mass is 9.77. The number of para-hydroxylation sites is 1. The Morgan fingerprint density at radius 2 is 1.91 bits per heavy atom. The minimum absolute atomic E-state index is 0.175. The SMILES string of the molecule is CNC(=O)c1cnc(Nc2ccccc2C)c(NC(=O)c2csc3c2CCC(C)(C)C3)c1. The average Bonchev–Trinajstić information content (AvgIpc) is 3.17. The number of thiophene rings is 1. The zero-order chi connectivity index (χ0) is 22.9. The summed E-state index contributed by atoms with van der Waals surface area (Å²) in [5, 5.41) is 10.9. The van der Waals surface area contributed by atoms with Gasteiger partial charge in [-0.2, -0.15) is 0 Å². The second kappa shape index (κ2) is 8.74. The Bertz CT molecular complexity index is 1180. The van der Waals surface area contributed by atoms with Gasteiger partial charge in [0.25, 0.3) is 11.8 Å². The second-order valence-electron chi connectivity index (χ2n) is 8.99. The van der Waals surface area contributed by atoms with E-state index in [2.05, 4.69) is 34.8 Å². The maximum Gasteiger partial charge on any atom is 0.256 e. The molecule has 0 fully saturated rings. The Labute approximate surface area is 192 Å². The maximum atomic E-state index is 13.3. The van der Waals surface area contributed by atoms with Crippen LogP contribution in [0.5, 0.6) is 0 Å². The van der Waals surface area contributed by atoms with Crippen LogP contribution in [0.2, 0.25) is 0 Å². The Morgan fingerprint density at radius 3 is 2.66 bits per heavy atom. The molecule has 0 radical (unpaired) electrons. The quantitative estimate of drug-likeness (QED) is 0.493. The highest BCUT2D eigenvalue weighted by atomic mass is 32.1. The molecule has 32 heavy (non-hydrogen) atoms. The van der Waals surface area contributed by atoms with E-state index in [1.165, 1.54) is 11.1 Å². The van der Waals surface area contributed by atoms with Crippen molar-refractivity contribution in [2.24, 2.45) is 5.41 Å². The monoisotopic (exact) mass is 448 g/mol. The highest BCUT2D eigenvalue weighted by molar-refractivity contribution is 7.10. The molecule has 4 rings (SSSR count). The molecule has 2 amide bonds. The number of carbonyl (C=O) groups excluding carboxylic acids is 2. The zero-order valence-electron chi connectivity index (χ0n) is 18.8. The van der Waals surface area contributed by atoms with Crippen LogP contribution in [0.3, 0.4) is 0 Å². The zero-order valence-corrected chi connectivity index (χ0v) is 19.7. The minimum Gasteiger partial charge on any atom is -0.355 e. The topological polar surface area (TPSA) is 83.1 Å². The lowest BCUT2D eigenvalue weighted by Crippen LogP contribution is -2.23. The molecule has 166 valence electrons. The number of pyridine rings is 1. The van der Waals surface area contributed by atoms with Crippen LogP contribution < -0.4 is 16.0 Å². The van der Waals surface area contributed by atoms with Gasteiger partial charge in [0.2, 0.25) is 0 Å². The van der Waals surface area contributed by atoms with Gasteiger partial charge in [-0.15, -0.1) is 11.3 Å². The van der Waals surface area contributed by atoms with Gasteiger partial charge < -0.3 is 16.0 Å². The van der Waals surface area contributed by atoms with Crippen molar-refractivity contribution in [1.82, 2.24) is 10.3 Å². The lowest BCUT2D eigenvalue weighted by molar-refractivity contribution is 0.0961. The molecule has 3 N–H and O–H groups in total. The molecule has 0 bridgehead atoms. The summed E-state index contributed by atoms with van der Waals surface area (Å²) in [5.41, 5.74) is 4.92. The summed E-state index contributed by atoms with van der Waals surface area (Å²) in [6, 6.07) is 9.51. The normalized spacial score (nSPS) is 14.4. The fourth-order valence-electron chi connectivity index (χ4n) is 3.98. The molecule has 2 heterocycles. The number of amides is 2. The minimum atomic E-state index is -0.259. The number of nitrogens with one attached hydrogen (secondary N) is 3. The van der Waals surface area contributed by atoms with Gasteiger partial charge in [-0.1, -0.05) is 32.0 Å². The number of rotatable bonds is 5. The van der Waals surface area contributed by atoms with E-state index < -0.39 is 0 Å². The molecule has 6 nitrogen and oxygen atoms in total. The van der Waals surface area contributed by atoms with Gasteiger partial charge >= 0.3 is 0 Å². The van der Waals surface area contributed by atoms with Crippen molar-refractivity contribution in [2.75, 3.05) is 17.7 Å². The van der Waals surface area contributed by atoms with E-state index in [0.29, 0.717) is 22.6 Å². The van der Waals surface area contributed by atoms with Gasteiger partial charge in [0, 0.05) is 29.2 Å². The van der Waals surface area contributed by atoms with Crippen LogP contribution in [-0.2, 0) is 12.8 Å². The molecular formula is C25H28N4O2S. The molecule has 3 aromatic rings. The van der Waals surface area contributed by atoms with Crippen molar-refractivity contribution in [2.45, 2.75) is 40.0 Å². The van der Waals surface area contributed by atoms with Gasteiger partial charge in [-0.25, -0.2) is 4.98 Å². The number of hydrogen-bond acceptors (Lipinski definition) is 5. The summed E-state index contributed by atoms with van der Waals surface area (Å²) in [7, 11) is 1.57. The number of aryl methyl sites for hydroxylation is 1. The number of aromatic nitrogens is 1. The van der Waals surface area contributed by atoms with Crippen molar-refractivity contribution in [3.8, 4) is 0 Å². The molecule has 1 aliphatic carbocycles. The Kier molecular flexibility index (Phi) is 6.02. The van der Waals surface area contributed by atoms with Gasteiger partial charge in [0.15, 0.2) is 5.82 Å². The highest BCUT2D eigenvalue weighted by Gasteiger charge is 2.30.